The van der Waals surface area contributed by atoms with Crippen molar-refractivity contribution in [2.75, 3.05) is 5.73 Å². The lowest BCUT2D eigenvalue weighted by atomic mass is 10.3. The Hall–Kier alpha value is -3.09. The van der Waals surface area contributed by atoms with E-state index in [9.17, 15) is 9.90 Å². The molecule has 2 aromatic carbocycles. The lowest BCUT2D eigenvalue weighted by Gasteiger charge is -2.03. The fraction of sp³-hybridized carbons (Fsp3) is 0. The van der Waals surface area contributed by atoms with Crippen LogP contribution in [-0.4, -0.2) is 16.4 Å². The highest BCUT2D eigenvalue weighted by molar-refractivity contribution is 5.64. The van der Waals surface area contributed by atoms with Gasteiger partial charge >= 0.3 is 6.16 Å². The van der Waals surface area contributed by atoms with Gasteiger partial charge in [-0.05, 0) is 36.4 Å². The Morgan fingerprint density at radius 2 is 1.65 bits per heavy atom. The van der Waals surface area contributed by atoms with Gasteiger partial charge in [-0.1, -0.05) is 0 Å². The minimum Gasteiger partial charge on any atom is -0.504 e. The summed E-state index contributed by atoms with van der Waals surface area (Å²) in [6.45, 7) is 0. The first-order valence-electron chi connectivity index (χ1n) is 5.55. The van der Waals surface area contributed by atoms with Crippen molar-refractivity contribution in [1.82, 2.24) is 0 Å². The SMILES string of the molecule is Nc1ccc(N=Nc2ccc(O)c(OC(=O)O)c2)cc1. The molecule has 0 aliphatic carbocycles. The first-order chi connectivity index (χ1) is 9.54. The maximum absolute atomic E-state index is 10.4. The number of benzene rings is 2. The number of azo groups is 1. The number of phenolic OH excluding ortho intramolecular Hbond substituents is 1. The zero-order valence-electron chi connectivity index (χ0n) is 10.2. The Labute approximate surface area is 114 Å². The van der Waals surface area contributed by atoms with Crippen molar-refractivity contribution in [2.45, 2.75) is 0 Å². The van der Waals surface area contributed by atoms with Gasteiger partial charge in [-0.3, -0.25) is 0 Å². The van der Waals surface area contributed by atoms with Crippen LogP contribution in [0, 0.1) is 0 Å². The largest absolute Gasteiger partial charge is 0.511 e. The summed E-state index contributed by atoms with van der Waals surface area (Å²) in [5, 5.41) is 25.8. The molecule has 2 rings (SSSR count). The fourth-order valence-electron chi connectivity index (χ4n) is 1.40. The van der Waals surface area contributed by atoms with Gasteiger partial charge in [0.05, 0.1) is 11.4 Å². The third-order valence-corrected chi connectivity index (χ3v) is 2.31. The number of phenols is 1. The Morgan fingerprint density at radius 1 is 1.05 bits per heavy atom. The number of carboxylic acid groups (broad SMARTS) is 1. The highest BCUT2D eigenvalue weighted by atomic mass is 16.7. The summed E-state index contributed by atoms with van der Waals surface area (Å²) in [4.78, 5) is 10.4. The Morgan fingerprint density at radius 3 is 2.30 bits per heavy atom. The van der Waals surface area contributed by atoms with Crippen molar-refractivity contribution >= 4 is 23.2 Å². The molecule has 0 aliphatic heterocycles. The molecule has 0 amide bonds. The zero-order valence-corrected chi connectivity index (χ0v) is 10.2. The molecule has 0 saturated heterocycles. The van der Waals surface area contributed by atoms with Crippen LogP contribution in [0.3, 0.4) is 0 Å². The second-order valence-electron chi connectivity index (χ2n) is 3.81. The maximum Gasteiger partial charge on any atom is 0.511 e. The van der Waals surface area contributed by atoms with Gasteiger partial charge in [-0.25, -0.2) is 4.79 Å². The van der Waals surface area contributed by atoms with Crippen LogP contribution in [0.4, 0.5) is 21.9 Å². The minimum atomic E-state index is -1.52. The van der Waals surface area contributed by atoms with Crippen molar-refractivity contribution in [3.63, 3.8) is 0 Å². The molecular formula is C13H11N3O4. The van der Waals surface area contributed by atoms with Crippen LogP contribution in [0.1, 0.15) is 0 Å². The van der Waals surface area contributed by atoms with Gasteiger partial charge in [-0.2, -0.15) is 10.2 Å². The summed E-state index contributed by atoms with van der Waals surface area (Å²) < 4.78 is 4.40. The quantitative estimate of drug-likeness (QED) is 0.342. The minimum absolute atomic E-state index is 0.203. The van der Waals surface area contributed by atoms with E-state index in [1.807, 2.05) is 0 Å². The van der Waals surface area contributed by atoms with Crippen LogP contribution in [0.25, 0.3) is 0 Å². The molecule has 0 spiro atoms. The van der Waals surface area contributed by atoms with Gasteiger partial charge in [-0.15, -0.1) is 0 Å². The highest BCUT2D eigenvalue weighted by Crippen LogP contribution is 2.31. The van der Waals surface area contributed by atoms with E-state index in [4.69, 9.17) is 10.8 Å². The van der Waals surface area contributed by atoms with Crippen LogP contribution in [-0.2, 0) is 0 Å². The predicted octanol–water partition coefficient (Wildman–Crippen LogP) is 3.45. The van der Waals surface area contributed by atoms with E-state index < -0.39 is 6.16 Å². The van der Waals surface area contributed by atoms with E-state index in [-0.39, 0.29) is 11.5 Å². The molecule has 0 atom stereocenters. The third-order valence-electron chi connectivity index (χ3n) is 2.31. The molecule has 0 radical (unpaired) electrons. The van der Waals surface area contributed by atoms with Gasteiger partial charge < -0.3 is 20.7 Å². The molecule has 0 unspecified atom stereocenters. The van der Waals surface area contributed by atoms with Crippen molar-refractivity contribution < 1.29 is 19.7 Å². The second kappa shape index (κ2) is 5.70. The van der Waals surface area contributed by atoms with Crippen molar-refractivity contribution in [1.29, 1.82) is 0 Å². The predicted molar refractivity (Wildman–Crippen MR) is 71.8 cm³/mol. The van der Waals surface area contributed by atoms with E-state index >= 15 is 0 Å². The molecular weight excluding hydrogens is 262 g/mol. The molecule has 2 aromatic rings. The number of nitrogens with zero attached hydrogens (tertiary/aromatic N) is 2. The van der Waals surface area contributed by atoms with Crippen molar-refractivity contribution in [2.24, 2.45) is 10.2 Å². The number of aromatic hydroxyl groups is 1. The van der Waals surface area contributed by atoms with Gasteiger partial charge in [0, 0.05) is 11.8 Å². The summed E-state index contributed by atoms with van der Waals surface area (Å²) >= 11 is 0. The van der Waals surface area contributed by atoms with Crippen LogP contribution in [0.15, 0.2) is 52.7 Å². The summed E-state index contributed by atoms with van der Waals surface area (Å²) in [5.74, 6) is -0.495. The lowest BCUT2D eigenvalue weighted by Crippen LogP contribution is -2.02. The normalized spacial score (nSPS) is 10.6. The highest BCUT2D eigenvalue weighted by Gasteiger charge is 2.08. The fourth-order valence-corrected chi connectivity index (χ4v) is 1.40. The van der Waals surface area contributed by atoms with Crippen LogP contribution in [0.5, 0.6) is 11.5 Å². The van der Waals surface area contributed by atoms with E-state index in [1.54, 1.807) is 24.3 Å². The molecule has 0 aliphatic rings. The lowest BCUT2D eigenvalue weighted by molar-refractivity contribution is 0.143. The van der Waals surface area contributed by atoms with Gasteiger partial charge in [0.15, 0.2) is 11.5 Å². The first-order valence-corrected chi connectivity index (χ1v) is 5.55. The summed E-state index contributed by atoms with van der Waals surface area (Å²) in [6.07, 6.45) is -1.52. The smallest absolute Gasteiger partial charge is 0.504 e. The molecule has 7 nitrogen and oxygen atoms in total. The number of hydrogen-bond donors (Lipinski definition) is 3. The van der Waals surface area contributed by atoms with Gasteiger partial charge in [0.1, 0.15) is 0 Å². The number of carbonyl (C=O) groups is 1. The number of rotatable bonds is 3. The van der Waals surface area contributed by atoms with Gasteiger partial charge in [0.25, 0.3) is 0 Å². The van der Waals surface area contributed by atoms with Crippen LogP contribution in [0.2, 0.25) is 0 Å². The molecule has 0 fully saturated rings. The van der Waals surface area contributed by atoms with E-state index in [1.165, 1.54) is 18.2 Å². The Balaban J connectivity index is 2.20. The topological polar surface area (TPSA) is 118 Å². The molecule has 4 N–H and O–H groups in total. The molecule has 0 bridgehead atoms. The third kappa shape index (κ3) is 3.45. The number of anilines is 1. The standard InChI is InChI=1S/C13H11N3O4/c14-8-1-3-9(4-2-8)15-16-10-5-6-11(17)12(7-10)20-13(18)19/h1-7,17H,14H2,(H,18,19). The number of ether oxygens (including phenoxy) is 1. The summed E-state index contributed by atoms with van der Waals surface area (Å²) in [5.41, 5.74) is 7.10. The molecule has 0 saturated carbocycles. The maximum atomic E-state index is 10.4. The zero-order chi connectivity index (χ0) is 14.5. The number of hydrogen-bond acceptors (Lipinski definition) is 6. The monoisotopic (exact) mass is 273 g/mol. The van der Waals surface area contributed by atoms with Crippen molar-refractivity contribution in [3.8, 4) is 11.5 Å². The van der Waals surface area contributed by atoms with Crippen LogP contribution < -0.4 is 10.5 Å². The molecule has 102 valence electrons. The Bertz CT molecular complexity index is 653. The number of nitrogen functional groups attached to an aromatic ring is 1. The summed E-state index contributed by atoms with van der Waals surface area (Å²) in [6, 6.07) is 10.8. The first kappa shape index (κ1) is 13.3. The average molecular weight is 273 g/mol. The molecule has 20 heavy (non-hydrogen) atoms. The molecule has 7 heteroatoms. The number of nitrogens with two attached hydrogens (primary N) is 1. The van der Waals surface area contributed by atoms with E-state index in [0.29, 0.717) is 17.1 Å². The van der Waals surface area contributed by atoms with Crippen LogP contribution >= 0.6 is 0 Å². The van der Waals surface area contributed by atoms with E-state index in [0.717, 1.165) is 0 Å². The van der Waals surface area contributed by atoms with E-state index in [2.05, 4.69) is 15.0 Å². The molecule has 0 heterocycles. The summed E-state index contributed by atoms with van der Waals surface area (Å²) in [7, 11) is 0. The van der Waals surface area contributed by atoms with Crippen molar-refractivity contribution in [3.05, 3.63) is 42.5 Å². The average Bonchev–Trinajstić information content (AvgIpc) is 2.41. The van der Waals surface area contributed by atoms with Gasteiger partial charge in [0.2, 0.25) is 0 Å². The Kier molecular flexibility index (Phi) is 3.80. The molecule has 0 aromatic heterocycles. The second-order valence-corrected chi connectivity index (χ2v) is 3.81.